The molecule has 2 aliphatic carbocycles. The molecule has 0 amide bonds. The highest BCUT2D eigenvalue weighted by Crippen LogP contribution is 2.42. The Morgan fingerprint density at radius 3 is 2.65 bits per heavy atom. The summed E-state index contributed by atoms with van der Waals surface area (Å²) in [5.74, 6) is 1.84. The largest absolute Gasteiger partial charge is 0.391 e. The predicted octanol–water partition coefficient (Wildman–Crippen LogP) is 2.80. The molecule has 0 spiro atoms. The van der Waals surface area contributed by atoms with Crippen LogP contribution in [0.15, 0.2) is 0 Å². The Morgan fingerprint density at radius 1 is 1.12 bits per heavy atom. The van der Waals surface area contributed by atoms with E-state index in [9.17, 15) is 5.11 Å². The molecule has 5 atom stereocenters. The summed E-state index contributed by atoms with van der Waals surface area (Å²) < 4.78 is 0. The fraction of sp³-hybridized carbons (Fsp3) is 1.00. The first-order valence-corrected chi connectivity index (χ1v) is 7.71. The third-order valence-corrected chi connectivity index (χ3v) is 5.46. The van der Waals surface area contributed by atoms with Crippen LogP contribution in [0.1, 0.15) is 58.3 Å². The molecule has 1 N–H and O–H groups in total. The second-order valence-corrected chi connectivity index (χ2v) is 6.63. The topological polar surface area (TPSA) is 23.5 Å². The molecule has 1 aliphatic heterocycles. The average molecular weight is 237 g/mol. The van der Waals surface area contributed by atoms with Gasteiger partial charge in [0.25, 0.3) is 0 Å². The summed E-state index contributed by atoms with van der Waals surface area (Å²) in [4.78, 5) is 2.68. The summed E-state index contributed by atoms with van der Waals surface area (Å²) >= 11 is 0. The van der Waals surface area contributed by atoms with Crippen molar-refractivity contribution in [2.24, 2.45) is 11.8 Å². The highest BCUT2D eigenvalue weighted by molar-refractivity contribution is 4.98. The maximum absolute atomic E-state index is 10.3. The van der Waals surface area contributed by atoms with Gasteiger partial charge in [-0.2, -0.15) is 0 Å². The van der Waals surface area contributed by atoms with E-state index >= 15 is 0 Å². The number of likely N-dealkylation sites (tertiary alicyclic amines) is 1. The van der Waals surface area contributed by atoms with Gasteiger partial charge in [-0.05, 0) is 50.4 Å². The number of piperidine rings is 1. The van der Waals surface area contributed by atoms with E-state index in [1.807, 2.05) is 0 Å². The maximum atomic E-state index is 10.3. The number of aliphatic hydroxyl groups is 1. The highest BCUT2D eigenvalue weighted by Gasteiger charge is 2.44. The zero-order valence-corrected chi connectivity index (χ0v) is 11.1. The molecule has 2 bridgehead atoms. The van der Waals surface area contributed by atoms with Gasteiger partial charge in [0, 0.05) is 18.6 Å². The zero-order chi connectivity index (χ0) is 11.8. The van der Waals surface area contributed by atoms with Crippen molar-refractivity contribution in [1.82, 2.24) is 4.90 Å². The minimum atomic E-state index is -0.0394. The van der Waals surface area contributed by atoms with Gasteiger partial charge >= 0.3 is 0 Å². The normalized spacial score (nSPS) is 46.6. The Labute approximate surface area is 105 Å². The fourth-order valence-corrected chi connectivity index (χ4v) is 4.61. The number of aliphatic hydroxyl groups excluding tert-OH is 1. The van der Waals surface area contributed by atoms with Crippen molar-refractivity contribution in [3.05, 3.63) is 0 Å². The van der Waals surface area contributed by atoms with E-state index in [2.05, 4.69) is 11.8 Å². The number of rotatable bonds is 3. The first kappa shape index (κ1) is 12.0. The quantitative estimate of drug-likeness (QED) is 0.816. The van der Waals surface area contributed by atoms with Crippen LogP contribution in [0.5, 0.6) is 0 Å². The van der Waals surface area contributed by atoms with Crippen LogP contribution in [0, 0.1) is 11.8 Å². The first-order chi connectivity index (χ1) is 8.28. The standard InChI is InChI=1S/C15H27NO/c1-2-3-11-5-7-15(17)14(9-11)16-10-12-4-6-13(16)8-12/h11-15,17H,2-10H2,1H3. The van der Waals surface area contributed by atoms with E-state index in [4.69, 9.17) is 0 Å². The van der Waals surface area contributed by atoms with E-state index in [0.717, 1.165) is 24.3 Å². The highest BCUT2D eigenvalue weighted by atomic mass is 16.3. The molecular weight excluding hydrogens is 210 g/mol. The Hall–Kier alpha value is -0.0800. The van der Waals surface area contributed by atoms with Crippen LogP contribution >= 0.6 is 0 Å². The van der Waals surface area contributed by atoms with Crippen LogP contribution in [-0.4, -0.2) is 34.7 Å². The minimum absolute atomic E-state index is 0.0394. The number of nitrogens with zero attached hydrogens (tertiary/aromatic N) is 1. The van der Waals surface area contributed by atoms with E-state index < -0.39 is 0 Å². The number of hydrogen-bond donors (Lipinski definition) is 1. The van der Waals surface area contributed by atoms with E-state index in [-0.39, 0.29) is 6.10 Å². The summed E-state index contributed by atoms with van der Waals surface area (Å²) in [5.41, 5.74) is 0. The van der Waals surface area contributed by atoms with Crippen molar-refractivity contribution in [1.29, 1.82) is 0 Å². The molecule has 1 saturated heterocycles. The van der Waals surface area contributed by atoms with Crippen molar-refractivity contribution in [3.8, 4) is 0 Å². The van der Waals surface area contributed by atoms with E-state index in [1.54, 1.807) is 0 Å². The van der Waals surface area contributed by atoms with Gasteiger partial charge in [-0.3, -0.25) is 4.90 Å². The minimum Gasteiger partial charge on any atom is -0.391 e. The lowest BCUT2D eigenvalue weighted by atomic mass is 9.80. The molecule has 17 heavy (non-hydrogen) atoms. The summed E-state index contributed by atoms with van der Waals surface area (Å²) in [7, 11) is 0. The van der Waals surface area contributed by atoms with Gasteiger partial charge in [-0.25, -0.2) is 0 Å². The van der Waals surface area contributed by atoms with Crippen LogP contribution in [0.4, 0.5) is 0 Å². The lowest BCUT2D eigenvalue weighted by Crippen LogP contribution is -2.50. The monoisotopic (exact) mass is 237 g/mol. The van der Waals surface area contributed by atoms with Crippen molar-refractivity contribution < 1.29 is 5.11 Å². The first-order valence-electron chi connectivity index (χ1n) is 7.71. The van der Waals surface area contributed by atoms with Crippen LogP contribution in [0.25, 0.3) is 0 Å². The lowest BCUT2D eigenvalue weighted by Gasteiger charge is -2.42. The SMILES string of the molecule is CCCC1CCC(O)C(N2CC3CCC2C3)C1. The second kappa shape index (κ2) is 4.89. The molecule has 3 aliphatic rings. The van der Waals surface area contributed by atoms with Crippen molar-refractivity contribution in [2.75, 3.05) is 6.54 Å². The van der Waals surface area contributed by atoms with Gasteiger partial charge in [0.15, 0.2) is 0 Å². The molecule has 0 aromatic rings. The molecule has 0 aromatic heterocycles. The van der Waals surface area contributed by atoms with E-state index in [1.165, 1.54) is 51.5 Å². The number of hydrogen-bond acceptors (Lipinski definition) is 2. The maximum Gasteiger partial charge on any atom is 0.0695 e. The molecule has 0 radical (unpaired) electrons. The fourth-order valence-electron chi connectivity index (χ4n) is 4.61. The van der Waals surface area contributed by atoms with E-state index in [0.29, 0.717) is 6.04 Å². The molecule has 2 nitrogen and oxygen atoms in total. The summed E-state index contributed by atoms with van der Waals surface area (Å²) in [6.45, 7) is 3.57. The molecule has 3 fully saturated rings. The van der Waals surface area contributed by atoms with Crippen molar-refractivity contribution >= 4 is 0 Å². The Kier molecular flexibility index (Phi) is 3.45. The lowest BCUT2D eigenvalue weighted by molar-refractivity contribution is -0.0114. The molecule has 3 rings (SSSR count). The third kappa shape index (κ3) is 2.26. The van der Waals surface area contributed by atoms with Crippen LogP contribution in [0.2, 0.25) is 0 Å². The average Bonchev–Trinajstić information content (AvgIpc) is 2.94. The third-order valence-electron chi connectivity index (χ3n) is 5.46. The van der Waals surface area contributed by atoms with Gasteiger partial charge in [0.1, 0.15) is 0 Å². The van der Waals surface area contributed by atoms with Crippen molar-refractivity contribution in [2.45, 2.75) is 76.5 Å². The predicted molar refractivity (Wildman–Crippen MR) is 69.9 cm³/mol. The summed E-state index contributed by atoms with van der Waals surface area (Å²) in [6.07, 6.45) is 10.5. The van der Waals surface area contributed by atoms with Crippen LogP contribution < -0.4 is 0 Å². The Balaban J connectivity index is 1.64. The Morgan fingerprint density at radius 2 is 2.00 bits per heavy atom. The molecular formula is C15H27NO. The number of fused-ring (bicyclic) bond motifs is 2. The van der Waals surface area contributed by atoms with Gasteiger partial charge in [0.2, 0.25) is 0 Å². The second-order valence-electron chi connectivity index (χ2n) is 6.63. The molecule has 2 saturated carbocycles. The van der Waals surface area contributed by atoms with Gasteiger partial charge in [-0.1, -0.05) is 19.8 Å². The molecule has 1 heterocycles. The summed E-state index contributed by atoms with van der Waals surface area (Å²) in [5, 5.41) is 10.3. The smallest absolute Gasteiger partial charge is 0.0695 e. The van der Waals surface area contributed by atoms with Crippen molar-refractivity contribution in [3.63, 3.8) is 0 Å². The van der Waals surface area contributed by atoms with Gasteiger partial charge in [0.05, 0.1) is 6.10 Å². The van der Waals surface area contributed by atoms with Crippen LogP contribution in [0.3, 0.4) is 0 Å². The summed E-state index contributed by atoms with van der Waals surface area (Å²) in [6, 6.07) is 1.32. The van der Waals surface area contributed by atoms with Crippen LogP contribution in [-0.2, 0) is 0 Å². The van der Waals surface area contributed by atoms with Gasteiger partial charge < -0.3 is 5.11 Å². The molecule has 98 valence electrons. The molecule has 2 heteroatoms. The Bertz CT molecular complexity index is 268. The zero-order valence-electron chi connectivity index (χ0n) is 11.1. The molecule has 0 aromatic carbocycles. The van der Waals surface area contributed by atoms with Gasteiger partial charge in [-0.15, -0.1) is 0 Å². The molecule has 5 unspecified atom stereocenters.